The van der Waals surface area contributed by atoms with Crippen molar-refractivity contribution in [3.8, 4) is 0 Å². The number of hydrogen-bond donors (Lipinski definition) is 3. The number of aromatic nitrogens is 4. The molecule has 0 bridgehead atoms. The molecule has 12 heteroatoms. The molecule has 0 amide bonds. The van der Waals surface area contributed by atoms with Crippen LogP contribution in [0, 0.1) is 0 Å². The van der Waals surface area contributed by atoms with Crippen LogP contribution in [0.4, 0.5) is 23.0 Å². The summed E-state index contributed by atoms with van der Waals surface area (Å²) in [6, 6.07) is 14.4. The molecule has 4 aromatic rings. The summed E-state index contributed by atoms with van der Waals surface area (Å²) in [6.45, 7) is 0.377. The van der Waals surface area contributed by atoms with Gasteiger partial charge < -0.3 is 16.4 Å². The highest BCUT2D eigenvalue weighted by molar-refractivity contribution is 7.86. The zero-order chi connectivity index (χ0) is 22.0. The van der Waals surface area contributed by atoms with Crippen LogP contribution in [0.3, 0.4) is 0 Å². The van der Waals surface area contributed by atoms with E-state index in [2.05, 4.69) is 25.7 Å². The van der Waals surface area contributed by atoms with Crippen LogP contribution >= 0.6 is 11.6 Å². The van der Waals surface area contributed by atoms with Gasteiger partial charge in [0.05, 0.1) is 6.26 Å². The maximum absolute atomic E-state index is 11.7. The van der Waals surface area contributed by atoms with Crippen molar-refractivity contribution in [3.05, 3.63) is 65.4 Å². The molecular weight excluding hydrogens is 442 g/mol. The summed E-state index contributed by atoms with van der Waals surface area (Å²) in [5, 5.41) is 11.5. The third-order valence-corrected chi connectivity index (χ3v) is 4.79. The van der Waals surface area contributed by atoms with Gasteiger partial charge in [0.2, 0.25) is 5.65 Å². The van der Waals surface area contributed by atoms with Crippen molar-refractivity contribution in [2.75, 3.05) is 22.6 Å². The van der Waals surface area contributed by atoms with E-state index in [4.69, 9.17) is 21.6 Å². The van der Waals surface area contributed by atoms with Crippen LogP contribution in [-0.2, 0) is 16.7 Å². The monoisotopic (exact) mass is 459 g/mol. The highest BCUT2D eigenvalue weighted by Crippen LogP contribution is 2.30. The lowest BCUT2D eigenvalue weighted by Gasteiger charge is -2.09. The molecular formula is C19H18ClN7O3S. The normalized spacial score (nSPS) is 11.4. The van der Waals surface area contributed by atoms with Crippen molar-refractivity contribution in [1.29, 1.82) is 0 Å². The number of fused-ring (bicyclic) bond motifs is 1. The average Bonchev–Trinajstić information content (AvgIpc) is 3.03. The molecule has 2 heterocycles. The molecule has 31 heavy (non-hydrogen) atoms. The number of rotatable bonds is 7. The largest absolute Gasteiger partial charge is 0.399 e. The first-order valence-electron chi connectivity index (χ1n) is 9.03. The second kappa shape index (κ2) is 8.28. The van der Waals surface area contributed by atoms with Gasteiger partial charge in [0.25, 0.3) is 0 Å². The van der Waals surface area contributed by atoms with Gasteiger partial charge in [-0.05, 0) is 35.9 Å². The van der Waals surface area contributed by atoms with Crippen molar-refractivity contribution < 1.29 is 12.7 Å². The molecule has 0 atom stereocenters. The second-order valence-electron chi connectivity index (χ2n) is 6.66. The van der Waals surface area contributed by atoms with Gasteiger partial charge in [-0.1, -0.05) is 34.6 Å². The van der Waals surface area contributed by atoms with Gasteiger partial charge in [-0.15, -0.1) is 5.10 Å². The Morgan fingerprint density at radius 1 is 1.13 bits per heavy atom. The summed E-state index contributed by atoms with van der Waals surface area (Å²) in [6.07, 6.45) is 2.20. The number of hydrogen-bond acceptors (Lipinski definition) is 9. The van der Waals surface area contributed by atoms with E-state index in [1.165, 1.54) is 6.33 Å². The second-order valence-corrected chi connectivity index (χ2v) is 8.65. The van der Waals surface area contributed by atoms with Gasteiger partial charge in [0.15, 0.2) is 5.82 Å². The molecule has 160 valence electrons. The lowest BCUT2D eigenvalue weighted by Crippen LogP contribution is -2.20. The Kier molecular flexibility index (Phi) is 5.53. The van der Waals surface area contributed by atoms with Gasteiger partial charge in [0.1, 0.15) is 17.5 Å². The van der Waals surface area contributed by atoms with Gasteiger partial charge in [-0.25, -0.2) is 9.97 Å². The Labute approximate surface area is 183 Å². The first kappa shape index (κ1) is 20.7. The Hall–Kier alpha value is -3.57. The Morgan fingerprint density at radius 2 is 1.94 bits per heavy atom. The summed E-state index contributed by atoms with van der Waals surface area (Å²) in [5.41, 5.74) is 8.23. The lowest BCUT2D eigenvalue weighted by atomic mass is 10.2. The third kappa shape index (κ3) is 4.95. The van der Waals surface area contributed by atoms with E-state index in [0.717, 1.165) is 16.7 Å². The minimum absolute atomic E-state index is 0.167. The molecule has 2 aromatic carbocycles. The average molecular weight is 460 g/mol. The minimum atomic E-state index is -3.85. The van der Waals surface area contributed by atoms with Gasteiger partial charge in [-0.2, -0.15) is 8.42 Å². The van der Waals surface area contributed by atoms with Crippen LogP contribution in [0.2, 0.25) is 5.02 Å². The zero-order valence-electron chi connectivity index (χ0n) is 16.3. The van der Waals surface area contributed by atoms with E-state index in [9.17, 15) is 8.42 Å². The van der Waals surface area contributed by atoms with Crippen molar-refractivity contribution in [3.63, 3.8) is 0 Å². The van der Waals surface area contributed by atoms with E-state index in [1.54, 1.807) is 24.3 Å². The summed E-state index contributed by atoms with van der Waals surface area (Å²) in [5.74, 6) is 0.719. The minimum Gasteiger partial charge on any atom is -0.399 e. The fraction of sp³-hybridized carbons (Fsp3) is 0.105. The predicted octanol–water partition coefficient (Wildman–Crippen LogP) is 2.81. The Morgan fingerprint density at radius 3 is 2.68 bits per heavy atom. The lowest BCUT2D eigenvalue weighted by molar-refractivity contribution is 0.254. The highest BCUT2D eigenvalue weighted by atomic mass is 35.5. The molecule has 0 radical (unpaired) electrons. The standard InChI is InChI=1S/C19H18ClN7O3S/c1-31(28,29)30-27-19-16(18(26-27)22-10-12-4-2-6-14(21)8-12)17(23-11-24-19)25-15-7-3-5-13(20)9-15/h2-9,11H,10,21H2,1H3,(H,22,26)(H,23,24,25). The first-order chi connectivity index (χ1) is 14.8. The predicted molar refractivity (Wildman–Crippen MR) is 120 cm³/mol. The fourth-order valence-corrected chi connectivity index (χ4v) is 3.47. The molecule has 0 spiro atoms. The summed E-state index contributed by atoms with van der Waals surface area (Å²) < 4.78 is 28.4. The van der Waals surface area contributed by atoms with E-state index >= 15 is 0 Å². The van der Waals surface area contributed by atoms with Crippen molar-refractivity contribution in [2.45, 2.75) is 6.54 Å². The zero-order valence-corrected chi connectivity index (χ0v) is 17.9. The van der Waals surface area contributed by atoms with Crippen LogP contribution in [0.1, 0.15) is 5.56 Å². The Bertz CT molecular complexity index is 1360. The number of nitrogens with one attached hydrogen (secondary N) is 2. The van der Waals surface area contributed by atoms with Crippen LogP contribution in [0.25, 0.3) is 11.0 Å². The number of nitrogens with zero attached hydrogens (tertiary/aromatic N) is 4. The van der Waals surface area contributed by atoms with Crippen molar-refractivity contribution in [1.82, 2.24) is 19.9 Å². The number of nitrogens with two attached hydrogens (primary N) is 1. The molecule has 0 saturated carbocycles. The number of nitrogen functional groups attached to an aromatic ring is 1. The molecule has 0 aliphatic carbocycles. The van der Waals surface area contributed by atoms with Crippen molar-refractivity contribution in [2.24, 2.45) is 0 Å². The van der Waals surface area contributed by atoms with Crippen molar-refractivity contribution >= 4 is 55.8 Å². The maximum Gasteiger partial charge on any atom is 0.325 e. The maximum atomic E-state index is 11.7. The van der Waals surface area contributed by atoms with E-state index in [0.29, 0.717) is 40.0 Å². The quantitative estimate of drug-likeness (QED) is 0.356. The summed E-state index contributed by atoms with van der Waals surface area (Å²) >= 11 is 6.07. The van der Waals surface area contributed by atoms with E-state index < -0.39 is 10.1 Å². The van der Waals surface area contributed by atoms with Gasteiger partial charge in [-0.3, -0.25) is 4.28 Å². The molecule has 0 saturated heterocycles. The van der Waals surface area contributed by atoms with Gasteiger partial charge >= 0.3 is 10.1 Å². The molecule has 0 fully saturated rings. The summed E-state index contributed by atoms with van der Waals surface area (Å²) in [7, 11) is -3.85. The molecule has 0 aliphatic rings. The molecule has 0 aliphatic heterocycles. The molecule has 4 N–H and O–H groups in total. The smallest absolute Gasteiger partial charge is 0.325 e. The number of halogens is 1. The number of anilines is 4. The third-order valence-electron chi connectivity index (χ3n) is 4.14. The number of benzene rings is 2. The van der Waals surface area contributed by atoms with Crippen LogP contribution in [0.15, 0.2) is 54.9 Å². The van der Waals surface area contributed by atoms with E-state index in [-0.39, 0.29) is 5.65 Å². The SMILES string of the molecule is CS(=O)(=O)On1nc(NCc2cccc(N)c2)c2c(Nc3cccc(Cl)c3)ncnc21. The summed E-state index contributed by atoms with van der Waals surface area (Å²) in [4.78, 5) is 9.28. The first-order valence-corrected chi connectivity index (χ1v) is 11.2. The molecule has 4 rings (SSSR count). The molecule has 2 aromatic heterocycles. The molecule has 0 unspecified atom stereocenters. The van der Waals surface area contributed by atoms with E-state index in [1.807, 2.05) is 24.3 Å². The Balaban J connectivity index is 1.76. The van der Waals surface area contributed by atoms with Crippen LogP contribution in [-0.4, -0.2) is 34.6 Å². The highest BCUT2D eigenvalue weighted by Gasteiger charge is 2.20. The van der Waals surface area contributed by atoms with Gasteiger partial charge in [0, 0.05) is 22.9 Å². The van der Waals surface area contributed by atoms with Crippen LogP contribution in [0.5, 0.6) is 0 Å². The topological polar surface area (TPSA) is 137 Å². The van der Waals surface area contributed by atoms with Crippen LogP contribution < -0.4 is 20.7 Å². The molecule has 10 nitrogen and oxygen atoms in total. The fourth-order valence-electron chi connectivity index (χ4n) is 2.92.